The van der Waals surface area contributed by atoms with Gasteiger partial charge in [0.2, 0.25) is 0 Å². The van der Waals surface area contributed by atoms with Crippen LogP contribution in [0.1, 0.15) is 25.8 Å². The van der Waals surface area contributed by atoms with E-state index in [9.17, 15) is 0 Å². The molecule has 0 radical (unpaired) electrons. The van der Waals surface area contributed by atoms with Crippen LogP contribution >= 0.6 is 24.0 Å². The summed E-state index contributed by atoms with van der Waals surface area (Å²) in [7, 11) is 3.43. The molecule has 0 aliphatic carbocycles. The molecule has 26 heavy (non-hydrogen) atoms. The first kappa shape index (κ1) is 22.8. The van der Waals surface area contributed by atoms with Crippen molar-refractivity contribution in [2.24, 2.45) is 10.9 Å². The van der Waals surface area contributed by atoms with Crippen molar-refractivity contribution in [1.29, 1.82) is 0 Å². The van der Waals surface area contributed by atoms with Crippen molar-refractivity contribution >= 4 is 29.9 Å². The summed E-state index contributed by atoms with van der Waals surface area (Å²) < 4.78 is 16.3. The largest absolute Gasteiger partial charge is 0.493 e. The van der Waals surface area contributed by atoms with Gasteiger partial charge in [-0.3, -0.25) is 0 Å². The maximum atomic E-state index is 5.57. The molecular weight excluding hydrogens is 445 g/mol. The Morgan fingerprint density at radius 2 is 2.08 bits per heavy atom. The molecule has 1 unspecified atom stereocenters. The summed E-state index contributed by atoms with van der Waals surface area (Å²) in [6.07, 6.45) is 1.15. The van der Waals surface area contributed by atoms with Crippen molar-refractivity contribution in [3.63, 3.8) is 0 Å². The van der Waals surface area contributed by atoms with Gasteiger partial charge < -0.3 is 24.4 Å². The Labute approximate surface area is 174 Å². The lowest BCUT2D eigenvalue weighted by atomic mass is 10.1. The first-order chi connectivity index (χ1) is 12.2. The monoisotopic (exact) mass is 477 g/mol. The molecule has 2 rings (SSSR count). The van der Waals surface area contributed by atoms with Crippen LogP contribution < -0.4 is 14.8 Å². The van der Waals surface area contributed by atoms with Crippen LogP contribution in [0.2, 0.25) is 0 Å². The minimum absolute atomic E-state index is 0. The van der Waals surface area contributed by atoms with Gasteiger partial charge in [0.05, 0.1) is 26.9 Å². The van der Waals surface area contributed by atoms with Crippen LogP contribution in [0.15, 0.2) is 23.2 Å². The van der Waals surface area contributed by atoms with Gasteiger partial charge in [-0.25, -0.2) is 4.99 Å². The molecule has 0 spiro atoms. The lowest BCUT2D eigenvalue weighted by molar-refractivity contribution is 0.157. The molecule has 1 atom stereocenters. The summed E-state index contributed by atoms with van der Waals surface area (Å²) in [6.45, 7) is 8.97. The van der Waals surface area contributed by atoms with Crippen molar-refractivity contribution in [3.8, 4) is 11.5 Å². The van der Waals surface area contributed by atoms with E-state index in [1.807, 2.05) is 25.1 Å². The molecule has 1 aliphatic rings. The number of aliphatic imine (C=N–C) groups is 1. The minimum atomic E-state index is 0. The molecule has 0 amide bonds. The Morgan fingerprint density at radius 1 is 1.27 bits per heavy atom. The number of hydrogen-bond donors (Lipinski definition) is 1. The highest BCUT2D eigenvalue weighted by atomic mass is 127. The molecule has 6 nitrogen and oxygen atoms in total. The van der Waals surface area contributed by atoms with Crippen molar-refractivity contribution in [3.05, 3.63) is 23.8 Å². The van der Waals surface area contributed by atoms with E-state index >= 15 is 0 Å². The van der Waals surface area contributed by atoms with Gasteiger partial charge in [0.25, 0.3) is 0 Å². The van der Waals surface area contributed by atoms with E-state index in [-0.39, 0.29) is 24.0 Å². The smallest absolute Gasteiger partial charge is 0.194 e. The van der Waals surface area contributed by atoms with Gasteiger partial charge in [-0.2, -0.15) is 0 Å². The zero-order chi connectivity index (χ0) is 18.1. The number of hydrogen-bond acceptors (Lipinski definition) is 4. The molecule has 0 aromatic heterocycles. The summed E-state index contributed by atoms with van der Waals surface area (Å²) >= 11 is 0. The highest BCUT2D eigenvalue weighted by Gasteiger charge is 2.24. The lowest BCUT2D eigenvalue weighted by Gasteiger charge is -2.21. The van der Waals surface area contributed by atoms with E-state index < -0.39 is 0 Å². The zero-order valence-electron chi connectivity index (χ0n) is 16.3. The average molecular weight is 477 g/mol. The summed E-state index contributed by atoms with van der Waals surface area (Å²) in [5, 5.41) is 3.40. The molecular formula is C19H32IN3O3. The number of halogens is 1. The highest BCUT2D eigenvalue weighted by molar-refractivity contribution is 14.0. The van der Waals surface area contributed by atoms with E-state index in [1.54, 1.807) is 14.2 Å². The van der Waals surface area contributed by atoms with Gasteiger partial charge in [-0.15, -0.1) is 24.0 Å². The Morgan fingerprint density at radius 3 is 2.73 bits per heavy atom. The fraction of sp³-hybridized carbons (Fsp3) is 0.632. The third kappa shape index (κ3) is 6.50. The highest BCUT2D eigenvalue weighted by Crippen LogP contribution is 2.28. The number of likely N-dealkylation sites (tertiary alicyclic amines) is 1. The van der Waals surface area contributed by atoms with Crippen LogP contribution in [0.5, 0.6) is 11.5 Å². The standard InChI is InChI=1S/C19H31N3O3.HI/c1-5-20-19(22-10-9-16(13-22)14-23-3)21-12-15-7-8-17(25-6-2)18(11-15)24-4;/h7-8,11,16H,5-6,9-10,12-14H2,1-4H3,(H,20,21);1H. The quantitative estimate of drug-likeness (QED) is 0.354. The van der Waals surface area contributed by atoms with Crippen molar-refractivity contribution < 1.29 is 14.2 Å². The molecule has 1 N–H and O–H groups in total. The van der Waals surface area contributed by atoms with Crippen LogP contribution in [0, 0.1) is 5.92 Å². The Hall–Kier alpha value is -1.22. The fourth-order valence-corrected chi connectivity index (χ4v) is 3.07. The Balaban J connectivity index is 0.00000338. The van der Waals surface area contributed by atoms with E-state index in [0.717, 1.165) is 55.7 Å². The predicted octanol–water partition coefficient (Wildman–Crippen LogP) is 3.15. The van der Waals surface area contributed by atoms with Gasteiger partial charge >= 0.3 is 0 Å². The number of guanidine groups is 1. The van der Waals surface area contributed by atoms with E-state index in [4.69, 9.17) is 19.2 Å². The van der Waals surface area contributed by atoms with Gasteiger partial charge in [0.1, 0.15) is 0 Å². The summed E-state index contributed by atoms with van der Waals surface area (Å²) in [6, 6.07) is 5.98. The lowest BCUT2D eigenvalue weighted by Crippen LogP contribution is -2.40. The van der Waals surface area contributed by atoms with Gasteiger partial charge in [0.15, 0.2) is 17.5 Å². The van der Waals surface area contributed by atoms with Gasteiger partial charge in [-0.05, 0) is 38.0 Å². The predicted molar refractivity (Wildman–Crippen MR) is 116 cm³/mol. The number of benzene rings is 1. The summed E-state index contributed by atoms with van der Waals surface area (Å²) in [5.74, 6) is 3.07. The van der Waals surface area contributed by atoms with Crippen molar-refractivity contribution in [1.82, 2.24) is 10.2 Å². The summed E-state index contributed by atoms with van der Waals surface area (Å²) in [5.41, 5.74) is 1.10. The molecule has 1 heterocycles. The van der Waals surface area contributed by atoms with Crippen molar-refractivity contribution in [2.45, 2.75) is 26.8 Å². The maximum absolute atomic E-state index is 5.57. The van der Waals surface area contributed by atoms with E-state index in [0.29, 0.717) is 19.1 Å². The van der Waals surface area contributed by atoms with Gasteiger partial charge in [-0.1, -0.05) is 6.07 Å². The second-order valence-corrected chi connectivity index (χ2v) is 6.14. The third-order valence-corrected chi connectivity index (χ3v) is 4.26. The molecule has 1 saturated heterocycles. The van der Waals surface area contributed by atoms with Crippen LogP contribution in [-0.2, 0) is 11.3 Å². The minimum Gasteiger partial charge on any atom is -0.493 e. The number of methoxy groups -OCH3 is 2. The van der Waals surface area contributed by atoms with E-state index in [1.165, 1.54) is 0 Å². The van der Waals surface area contributed by atoms with Crippen LogP contribution in [-0.4, -0.2) is 57.9 Å². The fourth-order valence-electron chi connectivity index (χ4n) is 3.07. The third-order valence-electron chi connectivity index (χ3n) is 4.26. The second kappa shape index (κ2) is 12.2. The summed E-state index contributed by atoms with van der Waals surface area (Å²) in [4.78, 5) is 7.12. The molecule has 148 valence electrons. The number of nitrogens with one attached hydrogen (secondary N) is 1. The molecule has 7 heteroatoms. The molecule has 0 saturated carbocycles. The molecule has 1 aromatic rings. The zero-order valence-corrected chi connectivity index (χ0v) is 18.6. The molecule has 1 aromatic carbocycles. The first-order valence-electron chi connectivity index (χ1n) is 9.03. The average Bonchev–Trinajstić information content (AvgIpc) is 3.08. The van der Waals surface area contributed by atoms with Crippen molar-refractivity contribution in [2.75, 3.05) is 47.1 Å². The van der Waals surface area contributed by atoms with Crippen LogP contribution in [0.3, 0.4) is 0 Å². The molecule has 0 bridgehead atoms. The number of ether oxygens (including phenoxy) is 3. The van der Waals surface area contributed by atoms with E-state index in [2.05, 4.69) is 17.1 Å². The Kier molecular flexibility index (Phi) is 10.7. The second-order valence-electron chi connectivity index (χ2n) is 6.14. The maximum Gasteiger partial charge on any atom is 0.194 e. The number of rotatable bonds is 8. The normalized spacial score (nSPS) is 17.0. The molecule has 1 aliphatic heterocycles. The first-order valence-corrected chi connectivity index (χ1v) is 9.03. The SMILES string of the molecule is CCNC(=NCc1ccc(OCC)c(OC)c1)N1CCC(COC)C1.I. The van der Waals surface area contributed by atoms with Crippen LogP contribution in [0.25, 0.3) is 0 Å². The van der Waals surface area contributed by atoms with Crippen LogP contribution in [0.4, 0.5) is 0 Å². The molecule has 1 fully saturated rings. The topological polar surface area (TPSA) is 55.3 Å². The number of nitrogens with zero attached hydrogens (tertiary/aromatic N) is 2. The van der Waals surface area contributed by atoms with Gasteiger partial charge in [0, 0.05) is 32.7 Å². The Bertz CT molecular complexity index is 569.